The maximum Gasteiger partial charge on any atom is 0.316 e. The summed E-state index contributed by atoms with van der Waals surface area (Å²) in [5, 5.41) is 0. The Morgan fingerprint density at radius 2 is 2.20 bits per heavy atom. The van der Waals surface area contributed by atoms with E-state index in [1.807, 2.05) is 0 Å². The summed E-state index contributed by atoms with van der Waals surface area (Å²) in [5.41, 5.74) is 0. The fraction of sp³-hybridized carbons (Fsp3) is 0.600. The molecule has 1 aromatic heterocycles. The number of nitrogens with zero attached hydrogens (tertiary/aromatic N) is 2. The summed E-state index contributed by atoms with van der Waals surface area (Å²) in [6.45, 7) is 1.39. The van der Waals surface area contributed by atoms with E-state index in [1.54, 1.807) is 12.4 Å². The number of aromatic nitrogens is 2. The normalized spacial score (nSPS) is 21.3. The third kappa shape index (κ3) is 3.43. The lowest BCUT2D eigenvalue weighted by Gasteiger charge is -2.21. The summed E-state index contributed by atoms with van der Waals surface area (Å²) in [4.78, 5) is 8.05. The first-order chi connectivity index (χ1) is 7.34. The van der Waals surface area contributed by atoms with Crippen LogP contribution in [0.15, 0.2) is 16.9 Å². The Balaban J connectivity index is 1.79. The molecule has 1 aromatic rings. The van der Waals surface area contributed by atoms with Gasteiger partial charge in [0.15, 0.2) is 0 Å². The summed E-state index contributed by atoms with van der Waals surface area (Å²) in [6.07, 6.45) is 6.98. The smallest absolute Gasteiger partial charge is 0.316 e. The molecule has 15 heavy (non-hydrogen) atoms. The summed E-state index contributed by atoms with van der Waals surface area (Å²) in [7, 11) is 0. The average molecular weight is 273 g/mol. The Kier molecular flexibility index (Phi) is 3.91. The van der Waals surface area contributed by atoms with Crippen LogP contribution in [0.1, 0.15) is 19.3 Å². The molecule has 0 aliphatic carbocycles. The maximum absolute atomic E-state index is 5.53. The van der Waals surface area contributed by atoms with Gasteiger partial charge in [-0.2, -0.15) is 0 Å². The molecule has 1 atom stereocenters. The van der Waals surface area contributed by atoms with Crippen LogP contribution in [0.5, 0.6) is 6.01 Å². The number of hydrogen-bond donors (Lipinski definition) is 0. The fourth-order valence-electron chi connectivity index (χ4n) is 1.48. The quantitative estimate of drug-likeness (QED) is 0.846. The van der Waals surface area contributed by atoms with Crippen LogP contribution in [0.4, 0.5) is 0 Å². The van der Waals surface area contributed by atoms with Crippen molar-refractivity contribution >= 4 is 15.9 Å². The molecule has 0 spiro atoms. The molecule has 0 N–H and O–H groups in total. The van der Waals surface area contributed by atoms with Crippen LogP contribution in [0.25, 0.3) is 0 Å². The summed E-state index contributed by atoms with van der Waals surface area (Å²) >= 11 is 3.27. The molecule has 0 bridgehead atoms. The topological polar surface area (TPSA) is 44.2 Å². The van der Waals surface area contributed by atoms with E-state index in [1.165, 1.54) is 6.42 Å². The lowest BCUT2D eigenvalue weighted by Crippen LogP contribution is -2.26. The van der Waals surface area contributed by atoms with Gasteiger partial charge in [-0.3, -0.25) is 0 Å². The van der Waals surface area contributed by atoms with Gasteiger partial charge in [0.1, 0.15) is 6.61 Å². The van der Waals surface area contributed by atoms with Crippen LogP contribution in [0.2, 0.25) is 0 Å². The van der Waals surface area contributed by atoms with E-state index in [-0.39, 0.29) is 6.10 Å². The van der Waals surface area contributed by atoms with Gasteiger partial charge >= 0.3 is 6.01 Å². The van der Waals surface area contributed by atoms with Crippen molar-refractivity contribution in [2.24, 2.45) is 0 Å². The van der Waals surface area contributed by atoms with Gasteiger partial charge in [0.25, 0.3) is 0 Å². The van der Waals surface area contributed by atoms with E-state index in [4.69, 9.17) is 9.47 Å². The minimum Gasteiger partial charge on any atom is -0.461 e. The Morgan fingerprint density at radius 3 is 2.87 bits per heavy atom. The zero-order chi connectivity index (χ0) is 10.5. The highest BCUT2D eigenvalue weighted by atomic mass is 79.9. The van der Waals surface area contributed by atoms with E-state index in [0.29, 0.717) is 12.6 Å². The first-order valence-electron chi connectivity index (χ1n) is 5.06. The fourth-order valence-corrected chi connectivity index (χ4v) is 1.69. The Morgan fingerprint density at radius 1 is 1.40 bits per heavy atom. The molecule has 82 valence electrons. The van der Waals surface area contributed by atoms with Gasteiger partial charge in [0.2, 0.25) is 0 Å². The van der Waals surface area contributed by atoms with Crippen molar-refractivity contribution < 1.29 is 9.47 Å². The third-order valence-electron chi connectivity index (χ3n) is 2.27. The van der Waals surface area contributed by atoms with Crippen molar-refractivity contribution in [3.05, 3.63) is 16.9 Å². The summed E-state index contributed by atoms with van der Waals surface area (Å²) in [5.74, 6) is 0. The lowest BCUT2D eigenvalue weighted by molar-refractivity contribution is -0.0129. The largest absolute Gasteiger partial charge is 0.461 e. The van der Waals surface area contributed by atoms with Crippen molar-refractivity contribution in [3.8, 4) is 6.01 Å². The first-order valence-corrected chi connectivity index (χ1v) is 5.86. The summed E-state index contributed by atoms with van der Waals surface area (Å²) in [6, 6.07) is 0.410. The standard InChI is InChI=1S/C10H13BrN2O2/c11-8-5-12-10(13-6-8)15-7-9-3-1-2-4-14-9/h5-6,9H,1-4,7H2. The number of halogens is 1. The molecule has 0 radical (unpaired) electrons. The van der Waals surface area contributed by atoms with Gasteiger partial charge in [0, 0.05) is 19.0 Å². The second kappa shape index (κ2) is 5.42. The highest BCUT2D eigenvalue weighted by Gasteiger charge is 2.14. The number of rotatable bonds is 3. The van der Waals surface area contributed by atoms with E-state index in [9.17, 15) is 0 Å². The van der Waals surface area contributed by atoms with Crippen molar-refractivity contribution in [3.63, 3.8) is 0 Å². The Bertz CT molecular complexity index is 299. The van der Waals surface area contributed by atoms with Crippen LogP contribution in [-0.2, 0) is 4.74 Å². The van der Waals surface area contributed by atoms with E-state index in [0.717, 1.165) is 23.9 Å². The van der Waals surface area contributed by atoms with Crippen LogP contribution < -0.4 is 4.74 Å². The van der Waals surface area contributed by atoms with Crippen molar-refractivity contribution in [1.29, 1.82) is 0 Å². The number of ether oxygens (including phenoxy) is 2. The van der Waals surface area contributed by atoms with Crippen LogP contribution >= 0.6 is 15.9 Å². The zero-order valence-corrected chi connectivity index (χ0v) is 9.94. The van der Waals surface area contributed by atoms with E-state index >= 15 is 0 Å². The third-order valence-corrected chi connectivity index (χ3v) is 2.68. The molecule has 2 rings (SSSR count). The second-order valence-corrected chi connectivity index (χ2v) is 4.40. The van der Waals surface area contributed by atoms with E-state index in [2.05, 4.69) is 25.9 Å². The summed E-state index contributed by atoms with van der Waals surface area (Å²) < 4.78 is 11.8. The number of hydrogen-bond acceptors (Lipinski definition) is 4. The highest BCUT2D eigenvalue weighted by Crippen LogP contribution is 2.14. The molecule has 1 unspecified atom stereocenters. The van der Waals surface area contributed by atoms with Gasteiger partial charge < -0.3 is 9.47 Å². The molecular formula is C10H13BrN2O2. The molecule has 2 heterocycles. The van der Waals surface area contributed by atoms with Crippen LogP contribution in [-0.4, -0.2) is 29.3 Å². The molecule has 1 saturated heterocycles. The monoisotopic (exact) mass is 272 g/mol. The molecule has 1 aliphatic heterocycles. The molecule has 1 aliphatic rings. The average Bonchev–Trinajstić information content (AvgIpc) is 2.30. The predicted molar refractivity (Wildman–Crippen MR) is 58.8 cm³/mol. The highest BCUT2D eigenvalue weighted by molar-refractivity contribution is 9.10. The van der Waals surface area contributed by atoms with Crippen molar-refractivity contribution in [2.45, 2.75) is 25.4 Å². The van der Waals surface area contributed by atoms with Gasteiger partial charge in [0.05, 0.1) is 10.6 Å². The predicted octanol–water partition coefficient (Wildman–Crippen LogP) is 2.19. The molecular weight excluding hydrogens is 260 g/mol. The molecule has 1 fully saturated rings. The molecule has 0 saturated carbocycles. The first kappa shape index (κ1) is 10.8. The molecule has 4 nitrogen and oxygen atoms in total. The Hall–Kier alpha value is -0.680. The molecule has 0 amide bonds. The Labute approximate surface area is 97.1 Å². The molecule has 5 heteroatoms. The van der Waals surface area contributed by atoms with Crippen LogP contribution in [0.3, 0.4) is 0 Å². The van der Waals surface area contributed by atoms with Gasteiger partial charge in [-0.1, -0.05) is 0 Å². The SMILES string of the molecule is Brc1cnc(OCC2CCCCO2)nc1. The van der Waals surface area contributed by atoms with Gasteiger partial charge in [-0.15, -0.1) is 0 Å². The van der Waals surface area contributed by atoms with Gasteiger partial charge in [-0.25, -0.2) is 9.97 Å². The van der Waals surface area contributed by atoms with Crippen molar-refractivity contribution in [1.82, 2.24) is 9.97 Å². The van der Waals surface area contributed by atoms with Crippen LogP contribution in [0, 0.1) is 0 Å². The molecule has 0 aromatic carbocycles. The minimum absolute atomic E-state index is 0.200. The maximum atomic E-state index is 5.53. The zero-order valence-electron chi connectivity index (χ0n) is 8.36. The lowest BCUT2D eigenvalue weighted by atomic mass is 10.1. The van der Waals surface area contributed by atoms with Gasteiger partial charge in [-0.05, 0) is 35.2 Å². The second-order valence-electron chi connectivity index (χ2n) is 3.48. The van der Waals surface area contributed by atoms with Crippen molar-refractivity contribution in [2.75, 3.05) is 13.2 Å². The van der Waals surface area contributed by atoms with E-state index < -0.39 is 0 Å². The minimum atomic E-state index is 0.200.